The Kier molecular flexibility index (Phi) is 2.77. The van der Waals surface area contributed by atoms with Crippen molar-refractivity contribution in [3.8, 4) is 11.5 Å². The summed E-state index contributed by atoms with van der Waals surface area (Å²) < 4.78 is 11.2. The zero-order chi connectivity index (χ0) is 13.7. The summed E-state index contributed by atoms with van der Waals surface area (Å²) in [6.07, 6.45) is 8.40. The van der Waals surface area contributed by atoms with Gasteiger partial charge in [-0.05, 0) is 48.9 Å². The molecule has 0 N–H and O–H groups in total. The summed E-state index contributed by atoms with van der Waals surface area (Å²) >= 11 is 0. The van der Waals surface area contributed by atoms with Gasteiger partial charge in [0.2, 0.25) is 0 Å². The zero-order valence-corrected chi connectivity index (χ0v) is 12.2. The van der Waals surface area contributed by atoms with Gasteiger partial charge in [-0.1, -0.05) is 12.2 Å². The second kappa shape index (κ2) is 4.52. The van der Waals surface area contributed by atoms with Crippen molar-refractivity contribution in [2.24, 2.45) is 5.92 Å². The molecule has 3 aliphatic rings. The largest absolute Gasteiger partial charge is 0.493 e. The fraction of sp³-hybridized carbons (Fsp3) is 0.529. The van der Waals surface area contributed by atoms with Gasteiger partial charge in [0.15, 0.2) is 11.5 Å². The van der Waals surface area contributed by atoms with Crippen molar-refractivity contribution >= 4 is 6.08 Å². The van der Waals surface area contributed by atoms with Crippen LogP contribution in [-0.4, -0.2) is 32.2 Å². The van der Waals surface area contributed by atoms with Crippen LogP contribution in [-0.2, 0) is 6.42 Å². The van der Waals surface area contributed by atoms with Gasteiger partial charge in [-0.3, -0.25) is 4.90 Å². The third kappa shape index (κ3) is 1.56. The number of benzene rings is 1. The molecular formula is C17H21NO2. The summed E-state index contributed by atoms with van der Waals surface area (Å²) in [4.78, 5) is 2.66. The first-order chi connectivity index (χ1) is 9.83. The molecule has 1 fully saturated rings. The average molecular weight is 271 g/mol. The lowest BCUT2D eigenvalue weighted by atomic mass is 9.74. The van der Waals surface area contributed by atoms with Crippen LogP contribution in [0, 0.1) is 5.92 Å². The molecule has 1 aromatic rings. The third-order valence-electron chi connectivity index (χ3n) is 5.09. The van der Waals surface area contributed by atoms with Crippen LogP contribution in [0.5, 0.6) is 11.5 Å². The van der Waals surface area contributed by atoms with Crippen molar-refractivity contribution in [2.45, 2.75) is 25.3 Å². The Morgan fingerprint density at radius 3 is 2.90 bits per heavy atom. The van der Waals surface area contributed by atoms with Gasteiger partial charge in [0, 0.05) is 18.2 Å². The van der Waals surface area contributed by atoms with E-state index in [0.29, 0.717) is 12.0 Å². The molecule has 0 amide bonds. The highest BCUT2D eigenvalue weighted by Crippen LogP contribution is 2.50. The molecule has 3 nitrogen and oxygen atoms in total. The van der Waals surface area contributed by atoms with E-state index >= 15 is 0 Å². The van der Waals surface area contributed by atoms with Crippen LogP contribution in [0.15, 0.2) is 12.1 Å². The number of hydrogen-bond donors (Lipinski definition) is 0. The molecule has 1 saturated heterocycles. The van der Waals surface area contributed by atoms with Crippen LogP contribution in [0.3, 0.4) is 0 Å². The monoisotopic (exact) mass is 271 g/mol. The standard InChI is InChI=1S/C17H21NO2/c1-19-14-10-12-7-9-18-8-3-4-11-5-6-13(17(14)20-2)15(12)16(11)18/h5-6,10-11,16H,3-4,7-9H2,1-2H3/t11-,16-/m0/s1. The van der Waals surface area contributed by atoms with E-state index in [2.05, 4.69) is 23.1 Å². The molecule has 1 aromatic carbocycles. The Hall–Kier alpha value is -1.48. The first-order valence-corrected chi connectivity index (χ1v) is 7.53. The molecule has 1 aliphatic carbocycles. The van der Waals surface area contributed by atoms with E-state index in [1.54, 1.807) is 14.2 Å². The van der Waals surface area contributed by atoms with Gasteiger partial charge in [0.05, 0.1) is 14.2 Å². The van der Waals surface area contributed by atoms with Gasteiger partial charge < -0.3 is 9.47 Å². The van der Waals surface area contributed by atoms with E-state index in [-0.39, 0.29) is 0 Å². The quantitative estimate of drug-likeness (QED) is 0.825. The molecule has 106 valence electrons. The van der Waals surface area contributed by atoms with E-state index in [0.717, 1.165) is 17.9 Å². The maximum Gasteiger partial charge on any atom is 0.168 e. The first kappa shape index (κ1) is 12.3. The van der Waals surface area contributed by atoms with E-state index in [1.165, 1.54) is 42.6 Å². The smallest absolute Gasteiger partial charge is 0.168 e. The van der Waals surface area contributed by atoms with Gasteiger partial charge in [-0.25, -0.2) is 0 Å². The Labute approximate surface area is 120 Å². The summed E-state index contributed by atoms with van der Waals surface area (Å²) in [6, 6.07) is 2.76. The topological polar surface area (TPSA) is 21.7 Å². The minimum absolute atomic E-state index is 0.562. The predicted molar refractivity (Wildman–Crippen MR) is 79.3 cm³/mol. The summed E-state index contributed by atoms with van der Waals surface area (Å²) in [6.45, 7) is 2.42. The molecule has 2 heterocycles. The normalized spacial score (nSPS) is 27.1. The number of ether oxygens (including phenoxy) is 2. The Bertz CT molecular complexity index is 579. The molecule has 2 aliphatic heterocycles. The van der Waals surface area contributed by atoms with Crippen molar-refractivity contribution < 1.29 is 9.47 Å². The molecule has 0 unspecified atom stereocenters. The zero-order valence-electron chi connectivity index (χ0n) is 12.2. The van der Waals surface area contributed by atoms with Crippen LogP contribution in [0.4, 0.5) is 0 Å². The number of rotatable bonds is 2. The molecule has 0 aromatic heterocycles. The average Bonchev–Trinajstić information content (AvgIpc) is 2.51. The van der Waals surface area contributed by atoms with Crippen molar-refractivity contribution in [3.63, 3.8) is 0 Å². The second-order valence-corrected chi connectivity index (χ2v) is 5.99. The minimum Gasteiger partial charge on any atom is -0.493 e. The van der Waals surface area contributed by atoms with Crippen molar-refractivity contribution in [2.75, 3.05) is 27.3 Å². The van der Waals surface area contributed by atoms with E-state index in [9.17, 15) is 0 Å². The molecule has 4 rings (SSSR count). The Morgan fingerprint density at radius 2 is 2.10 bits per heavy atom. The maximum absolute atomic E-state index is 5.63. The van der Waals surface area contributed by atoms with Crippen LogP contribution < -0.4 is 9.47 Å². The molecular weight excluding hydrogens is 250 g/mol. The van der Waals surface area contributed by atoms with E-state index in [4.69, 9.17) is 9.47 Å². The fourth-order valence-electron chi connectivity index (χ4n) is 4.24. The van der Waals surface area contributed by atoms with Crippen molar-refractivity contribution in [3.05, 3.63) is 28.8 Å². The molecule has 20 heavy (non-hydrogen) atoms. The Morgan fingerprint density at radius 1 is 1.20 bits per heavy atom. The molecule has 2 atom stereocenters. The van der Waals surface area contributed by atoms with E-state index in [1.807, 2.05) is 0 Å². The first-order valence-electron chi connectivity index (χ1n) is 7.53. The van der Waals surface area contributed by atoms with Crippen LogP contribution in [0.25, 0.3) is 6.08 Å². The summed E-state index contributed by atoms with van der Waals surface area (Å²) in [5.41, 5.74) is 4.20. The Balaban J connectivity index is 1.95. The van der Waals surface area contributed by atoms with Gasteiger partial charge in [0.25, 0.3) is 0 Å². The summed E-state index contributed by atoms with van der Waals surface area (Å²) in [5.74, 6) is 2.44. The van der Waals surface area contributed by atoms with Gasteiger partial charge >= 0.3 is 0 Å². The lowest BCUT2D eigenvalue weighted by Crippen LogP contribution is -2.44. The van der Waals surface area contributed by atoms with Crippen LogP contribution >= 0.6 is 0 Å². The third-order valence-corrected chi connectivity index (χ3v) is 5.09. The van der Waals surface area contributed by atoms with Gasteiger partial charge in [-0.2, -0.15) is 0 Å². The van der Waals surface area contributed by atoms with Crippen molar-refractivity contribution in [1.29, 1.82) is 0 Å². The van der Waals surface area contributed by atoms with Gasteiger partial charge in [0.1, 0.15) is 0 Å². The number of hydrogen-bond acceptors (Lipinski definition) is 3. The van der Waals surface area contributed by atoms with E-state index < -0.39 is 0 Å². The lowest BCUT2D eigenvalue weighted by molar-refractivity contribution is 0.103. The highest BCUT2D eigenvalue weighted by atomic mass is 16.5. The molecule has 0 saturated carbocycles. The van der Waals surface area contributed by atoms with Crippen LogP contribution in [0.1, 0.15) is 35.6 Å². The predicted octanol–water partition coefficient (Wildman–Crippen LogP) is 3.04. The lowest BCUT2D eigenvalue weighted by Gasteiger charge is -2.47. The SMILES string of the molecule is COc1cc2c3c(c1OC)C=C[C@@H]1CCCN(CC2)[C@H]31. The highest BCUT2D eigenvalue weighted by Gasteiger charge is 2.39. The fourth-order valence-corrected chi connectivity index (χ4v) is 4.24. The number of piperidine rings is 1. The van der Waals surface area contributed by atoms with Crippen molar-refractivity contribution in [1.82, 2.24) is 4.90 Å². The molecule has 0 bridgehead atoms. The molecule has 0 spiro atoms. The summed E-state index contributed by atoms with van der Waals surface area (Å²) in [7, 11) is 3.46. The van der Waals surface area contributed by atoms with Gasteiger partial charge in [-0.15, -0.1) is 0 Å². The molecule has 0 radical (unpaired) electrons. The maximum atomic E-state index is 5.63. The number of methoxy groups -OCH3 is 2. The highest BCUT2D eigenvalue weighted by molar-refractivity contribution is 5.71. The number of nitrogens with zero attached hydrogens (tertiary/aromatic N) is 1. The molecule has 3 heteroatoms. The minimum atomic E-state index is 0.562. The second-order valence-electron chi connectivity index (χ2n) is 5.99. The van der Waals surface area contributed by atoms with Crippen LogP contribution in [0.2, 0.25) is 0 Å². The summed E-state index contributed by atoms with van der Waals surface area (Å²) in [5, 5.41) is 0.